The van der Waals surface area contributed by atoms with E-state index >= 15 is 0 Å². The summed E-state index contributed by atoms with van der Waals surface area (Å²) >= 11 is 0. The topological polar surface area (TPSA) is 58.4 Å². The molecule has 0 aliphatic carbocycles. The van der Waals surface area contributed by atoms with Gasteiger partial charge in [-0.25, -0.2) is 0 Å². The molecule has 0 bridgehead atoms. The van der Waals surface area contributed by atoms with Gasteiger partial charge in [-0.05, 0) is 57.5 Å². The molecule has 0 aromatic heterocycles. The van der Waals surface area contributed by atoms with Crippen molar-refractivity contribution in [3.8, 4) is 0 Å². The third-order valence-electron chi connectivity index (χ3n) is 3.68. The van der Waals surface area contributed by atoms with Crippen LogP contribution in [0.25, 0.3) is 0 Å². The number of carbonyl (C=O) groups is 1. The van der Waals surface area contributed by atoms with Crippen LogP contribution in [0.4, 0.5) is 11.4 Å². The molecule has 3 N–H and O–H groups in total. The number of nitrogens with two attached hydrogens (primary N) is 1. The Bertz CT molecular complexity index is 428. The molecule has 0 saturated heterocycles. The van der Waals surface area contributed by atoms with Crippen LogP contribution in [0.5, 0.6) is 0 Å². The van der Waals surface area contributed by atoms with Gasteiger partial charge in [0, 0.05) is 17.4 Å². The Morgan fingerprint density at radius 1 is 1.20 bits per heavy atom. The van der Waals surface area contributed by atoms with E-state index in [1.54, 1.807) is 12.1 Å². The summed E-state index contributed by atoms with van der Waals surface area (Å²) in [4.78, 5) is 14.4. The first kappa shape index (κ1) is 16.5. The summed E-state index contributed by atoms with van der Waals surface area (Å²) in [5.41, 5.74) is 7.10. The molecule has 0 aliphatic rings. The first-order valence-electron chi connectivity index (χ1n) is 7.19. The van der Waals surface area contributed by atoms with Crippen LogP contribution < -0.4 is 11.1 Å². The number of anilines is 2. The quantitative estimate of drug-likeness (QED) is 0.786. The SMILES string of the molecule is CC(C)CC(C)N(C)C(C)C(=O)Nc1ccc(N)cc1. The number of nitrogens with one attached hydrogen (secondary N) is 1. The Morgan fingerprint density at radius 2 is 1.75 bits per heavy atom. The Labute approximate surface area is 122 Å². The summed E-state index contributed by atoms with van der Waals surface area (Å²) in [7, 11) is 2.00. The van der Waals surface area contributed by atoms with E-state index in [9.17, 15) is 4.79 Å². The molecule has 0 radical (unpaired) electrons. The Balaban J connectivity index is 2.59. The Kier molecular flexibility index (Phi) is 6.02. The summed E-state index contributed by atoms with van der Waals surface area (Å²) < 4.78 is 0. The third kappa shape index (κ3) is 4.85. The molecular formula is C16H27N3O. The first-order chi connectivity index (χ1) is 9.31. The zero-order valence-corrected chi connectivity index (χ0v) is 13.2. The van der Waals surface area contributed by atoms with E-state index in [4.69, 9.17) is 5.73 Å². The van der Waals surface area contributed by atoms with Gasteiger partial charge in [0.1, 0.15) is 0 Å². The van der Waals surface area contributed by atoms with Crippen LogP contribution in [0.15, 0.2) is 24.3 Å². The van der Waals surface area contributed by atoms with Gasteiger partial charge >= 0.3 is 0 Å². The maximum atomic E-state index is 12.2. The molecular weight excluding hydrogens is 250 g/mol. The molecule has 1 amide bonds. The Morgan fingerprint density at radius 3 is 2.25 bits per heavy atom. The molecule has 0 heterocycles. The van der Waals surface area contributed by atoms with Crippen LogP contribution >= 0.6 is 0 Å². The number of benzene rings is 1. The number of rotatable bonds is 6. The molecule has 1 rings (SSSR count). The maximum absolute atomic E-state index is 12.2. The van der Waals surface area contributed by atoms with Crippen molar-refractivity contribution in [3.63, 3.8) is 0 Å². The number of likely N-dealkylation sites (N-methyl/N-ethyl adjacent to an activating group) is 1. The van der Waals surface area contributed by atoms with E-state index in [1.165, 1.54) is 0 Å². The smallest absolute Gasteiger partial charge is 0.241 e. The highest BCUT2D eigenvalue weighted by atomic mass is 16.2. The molecule has 0 spiro atoms. The molecule has 20 heavy (non-hydrogen) atoms. The van der Waals surface area contributed by atoms with Crippen molar-refractivity contribution >= 4 is 17.3 Å². The molecule has 0 fully saturated rings. The van der Waals surface area contributed by atoms with E-state index in [0.717, 1.165) is 12.1 Å². The van der Waals surface area contributed by atoms with Gasteiger partial charge in [0.2, 0.25) is 5.91 Å². The molecule has 1 aromatic rings. The van der Waals surface area contributed by atoms with Crippen molar-refractivity contribution < 1.29 is 4.79 Å². The minimum atomic E-state index is -0.165. The molecule has 2 unspecified atom stereocenters. The fraction of sp³-hybridized carbons (Fsp3) is 0.562. The van der Waals surface area contributed by atoms with E-state index in [-0.39, 0.29) is 11.9 Å². The fourth-order valence-corrected chi connectivity index (χ4v) is 2.23. The average molecular weight is 277 g/mol. The number of amides is 1. The molecule has 112 valence electrons. The lowest BCUT2D eigenvalue weighted by Crippen LogP contribution is -2.44. The zero-order chi connectivity index (χ0) is 15.3. The zero-order valence-electron chi connectivity index (χ0n) is 13.2. The van der Waals surface area contributed by atoms with E-state index in [2.05, 4.69) is 31.0 Å². The number of carbonyl (C=O) groups excluding carboxylic acids is 1. The Hall–Kier alpha value is -1.55. The van der Waals surface area contributed by atoms with Crippen LogP contribution in [0.2, 0.25) is 0 Å². The standard InChI is InChI=1S/C16H27N3O/c1-11(2)10-12(3)19(5)13(4)16(20)18-15-8-6-14(17)7-9-15/h6-9,11-13H,10,17H2,1-5H3,(H,18,20). The summed E-state index contributed by atoms with van der Waals surface area (Å²) in [6, 6.07) is 7.41. The summed E-state index contributed by atoms with van der Waals surface area (Å²) in [6.45, 7) is 8.49. The number of hydrogen-bond donors (Lipinski definition) is 2. The monoisotopic (exact) mass is 277 g/mol. The van der Waals surface area contributed by atoms with Crippen molar-refractivity contribution in [3.05, 3.63) is 24.3 Å². The van der Waals surface area contributed by atoms with Gasteiger partial charge in [-0.15, -0.1) is 0 Å². The molecule has 4 heteroatoms. The lowest BCUT2D eigenvalue weighted by molar-refractivity contribution is -0.121. The lowest BCUT2D eigenvalue weighted by atomic mass is 10.0. The fourth-order valence-electron chi connectivity index (χ4n) is 2.23. The van der Waals surface area contributed by atoms with Crippen LogP contribution in [-0.2, 0) is 4.79 Å². The number of hydrogen-bond acceptors (Lipinski definition) is 3. The summed E-state index contributed by atoms with van der Waals surface area (Å²) in [6.07, 6.45) is 1.08. The van der Waals surface area contributed by atoms with Gasteiger partial charge < -0.3 is 11.1 Å². The van der Waals surface area contributed by atoms with Crippen LogP contribution in [-0.4, -0.2) is 29.9 Å². The molecule has 2 atom stereocenters. The van der Waals surface area contributed by atoms with Gasteiger partial charge in [-0.2, -0.15) is 0 Å². The second-order valence-electron chi connectivity index (χ2n) is 5.93. The van der Waals surface area contributed by atoms with Crippen molar-refractivity contribution in [2.75, 3.05) is 18.1 Å². The highest BCUT2D eigenvalue weighted by Gasteiger charge is 2.22. The predicted octanol–water partition coefficient (Wildman–Crippen LogP) is 2.96. The molecule has 4 nitrogen and oxygen atoms in total. The van der Waals surface area contributed by atoms with Crippen molar-refractivity contribution in [2.24, 2.45) is 5.92 Å². The van der Waals surface area contributed by atoms with Gasteiger partial charge in [0.25, 0.3) is 0 Å². The molecule has 1 aromatic carbocycles. The number of nitrogens with zero attached hydrogens (tertiary/aromatic N) is 1. The van der Waals surface area contributed by atoms with Gasteiger partial charge in [0.05, 0.1) is 6.04 Å². The minimum absolute atomic E-state index is 0.00729. The minimum Gasteiger partial charge on any atom is -0.399 e. The van der Waals surface area contributed by atoms with Crippen LogP contribution in [0.1, 0.15) is 34.1 Å². The van der Waals surface area contributed by atoms with Gasteiger partial charge in [-0.1, -0.05) is 13.8 Å². The molecule has 0 aliphatic heterocycles. The third-order valence-corrected chi connectivity index (χ3v) is 3.68. The lowest BCUT2D eigenvalue weighted by Gasteiger charge is -2.31. The predicted molar refractivity (Wildman–Crippen MR) is 85.6 cm³/mol. The summed E-state index contributed by atoms with van der Waals surface area (Å²) in [5.74, 6) is 0.632. The van der Waals surface area contributed by atoms with Gasteiger partial charge in [-0.3, -0.25) is 9.69 Å². The second kappa shape index (κ2) is 7.29. The van der Waals surface area contributed by atoms with Crippen LogP contribution in [0, 0.1) is 5.92 Å². The highest BCUT2D eigenvalue weighted by Crippen LogP contribution is 2.15. The second-order valence-corrected chi connectivity index (χ2v) is 5.93. The highest BCUT2D eigenvalue weighted by molar-refractivity contribution is 5.94. The van der Waals surface area contributed by atoms with Crippen molar-refractivity contribution in [1.29, 1.82) is 0 Å². The van der Waals surface area contributed by atoms with Gasteiger partial charge in [0.15, 0.2) is 0 Å². The van der Waals surface area contributed by atoms with E-state index in [1.807, 2.05) is 26.1 Å². The van der Waals surface area contributed by atoms with E-state index in [0.29, 0.717) is 17.6 Å². The van der Waals surface area contributed by atoms with Crippen molar-refractivity contribution in [2.45, 2.75) is 46.2 Å². The van der Waals surface area contributed by atoms with Crippen LogP contribution in [0.3, 0.4) is 0 Å². The van der Waals surface area contributed by atoms with Crippen molar-refractivity contribution in [1.82, 2.24) is 4.90 Å². The largest absolute Gasteiger partial charge is 0.399 e. The maximum Gasteiger partial charge on any atom is 0.241 e. The normalized spacial score (nSPS) is 14.3. The summed E-state index contributed by atoms with van der Waals surface area (Å²) in [5, 5.41) is 2.92. The average Bonchev–Trinajstić information content (AvgIpc) is 2.38. The first-order valence-corrected chi connectivity index (χ1v) is 7.19. The number of nitrogen functional groups attached to an aromatic ring is 1. The van der Waals surface area contributed by atoms with E-state index < -0.39 is 0 Å². The molecule has 0 saturated carbocycles.